The standard InChI is InChI=1S/C14H11BrN2O2S/c15-10-2-1-9(7-16)13(5-10)17-8-12-4-3-11(20-12)6-14(18)19/h1-5,17H,6,8H2,(H,18,19). The second-order valence-electron chi connectivity index (χ2n) is 4.09. The van der Waals surface area contributed by atoms with Gasteiger partial charge in [0, 0.05) is 20.8 Å². The summed E-state index contributed by atoms with van der Waals surface area (Å²) in [5, 5.41) is 21.0. The number of halogens is 1. The number of anilines is 1. The van der Waals surface area contributed by atoms with Crippen LogP contribution in [0.15, 0.2) is 34.8 Å². The highest BCUT2D eigenvalue weighted by atomic mass is 79.9. The molecule has 0 fully saturated rings. The minimum atomic E-state index is -0.829. The van der Waals surface area contributed by atoms with Crippen LogP contribution in [0.3, 0.4) is 0 Å². The molecule has 1 aromatic heterocycles. The Kier molecular flexibility index (Phi) is 4.77. The van der Waals surface area contributed by atoms with Crippen LogP contribution in [0.4, 0.5) is 5.69 Å². The van der Waals surface area contributed by atoms with Gasteiger partial charge in [0.05, 0.1) is 17.7 Å². The maximum atomic E-state index is 10.6. The molecule has 0 saturated carbocycles. The predicted octanol–water partition coefficient (Wildman–Crippen LogP) is 3.62. The number of rotatable bonds is 5. The Bertz CT molecular complexity index is 676. The van der Waals surface area contributed by atoms with Crippen LogP contribution in [0.2, 0.25) is 0 Å². The largest absolute Gasteiger partial charge is 0.481 e. The molecule has 0 spiro atoms. The third-order valence-electron chi connectivity index (χ3n) is 2.60. The van der Waals surface area contributed by atoms with Gasteiger partial charge in [-0.3, -0.25) is 4.79 Å². The lowest BCUT2D eigenvalue weighted by Crippen LogP contribution is -1.99. The fourth-order valence-corrected chi connectivity index (χ4v) is 3.01. The van der Waals surface area contributed by atoms with Crippen molar-refractivity contribution in [2.45, 2.75) is 13.0 Å². The van der Waals surface area contributed by atoms with Gasteiger partial charge in [0.25, 0.3) is 0 Å². The molecule has 1 heterocycles. The van der Waals surface area contributed by atoms with E-state index >= 15 is 0 Å². The Balaban J connectivity index is 2.05. The summed E-state index contributed by atoms with van der Waals surface area (Å²) in [6.07, 6.45) is 0.0466. The molecule has 0 unspecified atom stereocenters. The van der Waals surface area contributed by atoms with Crippen LogP contribution in [0.1, 0.15) is 15.3 Å². The number of carboxylic acid groups (broad SMARTS) is 1. The van der Waals surface area contributed by atoms with Gasteiger partial charge in [0.15, 0.2) is 0 Å². The van der Waals surface area contributed by atoms with Gasteiger partial charge in [-0.1, -0.05) is 15.9 Å². The molecule has 102 valence electrons. The normalized spacial score (nSPS) is 10.0. The maximum absolute atomic E-state index is 10.6. The predicted molar refractivity (Wildman–Crippen MR) is 81.8 cm³/mol. The molecule has 4 nitrogen and oxygen atoms in total. The fraction of sp³-hybridized carbons (Fsp3) is 0.143. The maximum Gasteiger partial charge on any atom is 0.308 e. The van der Waals surface area contributed by atoms with E-state index in [0.717, 1.165) is 19.9 Å². The number of carbonyl (C=O) groups is 1. The quantitative estimate of drug-likeness (QED) is 0.863. The summed E-state index contributed by atoms with van der Waals surface area (Å²) in [5.74, 6) is -0.829. The first-order chi connectivity index (χ1) is 9.58. The van der Waals surface area contributed by atoms with E-state index < -0.39 is 5.97 Å². The molecule has 0 bridgehead atoms. The van der Waals surface area contributed by atoms with E-state index in [9.17, 15) is 4.79 Å². The van der Waals surface area contributed by atoms with Crippen LogP contribution >= 0.6 is 27.3 Å². The van der Waals surface area contributed by atoms with E-state index in [4.69, 9.17) is 10.4 Å². The smallest absolute Gasteiger partial charge is 0.308 e. The number of hydrogen-bond acceptors (Lipinski definition) is 4. The minimum Gasteiger partial charge on any atom is -0.481 e. The number of carboxylic acids is 1. The first-order valence-electron chi connectivity index (χ1n) is 5.81. The lowest BCUT2D eigenvalue weighted by molar-refractivity contribution is -0.136. The summed E-state index contributed by atoms with van der Waals surface area (Å²) in [6, 6.07) is 11.3. The topological polar surface area (TPSA) is 73.1 Å². The van der Waals surface area contributed by atoms with Gasteiger partial charge in [0.1, 0.15) is 6.07 Å². The van der Waals surface area contributed by atoms with Gasteiger partial charge in [-0.05, 0) is 30.3 Å². The molecule has 6 heteroatoms. The Labute approximate surface area is 128 Å². The summed E-state index contributed by atoms with van der Waals surface area (Å²) < 4.78 is 0.900. The fourth-order valence-electron chi connectivity index (χ4n) is 1.70. The number of thiophene rings is 1. The number of nitrogens with zero attached hydrogens (tertiary/aromatic N) is 1. The third kappa shape index (κ3) is 3.83. The zero-order valence-corrected chi connectivity index (χ0v) is 12.8. The van der Waals surface area contributed by atoms with Crippen molar-refractivity contribution in [2.24, 2.45) is 0 Å². The SMILES string of the molecule is N#Cc1ccc(Br)cc1NCc1ccc(CC(=O)O)s1. The lowest BCUT2D eigenvalue weighted by Gasteiger charge is -2.07. The first kappa shape index (κ1) is 14.6. The second-order valence-corrected chi connectivity index (χ2v) is 6.26. The van der Waals surface area contributed by atoms with Crippen molar-refractivity contribution in [2.75, 3.05) is 5.32 Å². The van der Waals surface area contributed by atoms with E-state index in [1.165, 1.54) is 11.3 Å². The summed E-state index contributed by atoms with van der Waals surface area (Å²) >= 11 is 4.83. The Morgan fingerprint density at radius 1 is 1.35 bits per heavy atom. The Morgan fingerprint density at radius 3 is 2.80 bits per heavy atom. The van der Waals surface area contributed by atoms with Gasteiger partial charge in [-0.25, -0.2) is 0 Å². The number of nitriles is 1. The number of nitrogens with one attached hydrogen (secondary N) is 1. The van der Waals surface area contributed by atoms with Crippen molar-refractivity contribution in [3.8, 4) is 6.07 Å². The highest BCUT2D eigenvalue weighted by molar-refractivity contribution is 9.10. The molecule has 0 radical (unpaired) electrons. The molecule has 0 aliphatic rings. The minimum absolute atomic E-state index is 0.0466. The highest BCUT2D eigenvalue weighted by Gasteiger charge is 2.06. The van der Waals surface area contributed by atoms with Crippen LogP contribution in [0.5, 0.6) is 0 Å². The Morgan fingerprint density at radius 2 is 2.10 bits per heavy atom. The monoisotopic (exact) mass is 350 g/mol. The Hall–Kier alpha value is -1.84. The van der Waals surface area contributed by atoms with Crippen molar-refractivity contribution >= 4 is 38.9 Å². The van der Waals surface area contributed by atoms with E-state index in [0.29, 0.717) is 12.1 Å². The van der Waals surface area contributed by atoms with E-state index in [2.05, 4.69) is 27.3 Å². The van der Waals surface area contributed by atoms with Crippen molar-refractivity contribution in [1.82, 2.24) is 0 Å². The van der Waals surface area contributed by atoms with E-state index in [1.54, 1.807) is 6.07 Å². The van der Waals surface area contributed by atoms with Crippen molar-refractivity contribution in [3.63, 3.8) is 0 Å². The van der Waals surface area contributed by atoms with Crippen molar-refractivity contribution < 1.29 is 9.90 Å². The average molecular weight is 351 g/mol. The van der Waals surface area contributed by atoms with E-state index in [1.807, 2.05) is 24.3 Å². The van der Waals surface area contributed by atoms with Crippen LogP contribution < -0.4 is 5.32 Å². The van der Waals surface area contributed by atoms with Crippen LogP contribution in [-0.4, -0.2) is 11.1 Å². The molecule has 0 atom stereocenters. The average Bonchev–Trinajstić information content (AvgIpc) is 2.83. The summed E-state index contributed by atoms with van der Waals surface area (Å²) in [5.41, 5.74) is 1.34. The summed E-state index contributed by atoms with van der Waals surface area (Å²) in [4.78, 5) is 12.5. The summed E-state index contributed by atoms with van der Waals surface area (Å²) in [7, 11) is 0. The molecule has 2 aromatic rings. The zero-order valence-electron chi connectivity index (χ0n) is 10.4. The van der Waals surface area contributed by atoms with Gasteiger partial charge in [0.2, 0.25) is 0 Å². The molecule has 0 aliphatic heterocycles. The molecule has 20 heavy (non-hydrogen) atoms. The van der Waals surface area contributed by atoms with Crippen molar-refractivity contribution in [3.05, 3.63) is 50.1 Å². The molecular formula is C14H11BrN2O2S. The van der Waals surface area contributed by atoms with Crippen LogP contribution in [-0.2, 0) is 17.8 Å². The highest BCUT2D eigenvalue weighted by Crippen LogP contribution is 2.23. The van der Waals surface area contributed by atoms with Gasteiger partial charge in [-0.15, -0.1) is 11.3 Å². The number of aliphatic carboxylic acids is 1. The molecule has 1 aromatic carbocycles. The van der Waals surface area contributed by atoms with Crippen LogP contribution in [0.25, 0.3) is 0 Å². The first-order valence-corrected chi connectivity index (χ1v) is 7.42. The molecular weight excluding hydrogens is 340 g/mol. The molecule has 0 aliphatic carbocycles. The second kappa shape index (κ2) is 6.55. The zero-order chi connectivity index (χ0) is 14.5. The van der Waals surface area contributed by atoms with Gasteiger partial charge in [-0.2, -0.15) is 5.26 Å². The van der Waals surface area contributed by atoms with Gasteiger partial charge >= 0.3 is 5.97 Å². The van der Waals surface area contributed by atoms with Gasteiger partial charge < -0.3 is 10.4 Å². The molecule has 2 N–H and O–H groups in total. The molecule has 0 amide bonds. The number of hydrogen-bond donors (Lipinski definition) is 2. The van der Waals surface area contributed by atoms with Crippen molar-refractivity contribution in [1.29, 1.82) is 5.26 Å². The third-order valence-corrected chi connectivity index (χ3v) is 4.18. The van der Waals surface area contributed by atoms with Crippen LogP contribution in [0, 0.1) is 11.3 Å². The van der Waals surface area contributed by atoms with E-state index in [-0.39, 0.29) is 6.42 Å². The lowest BCUT2D eigenvalue weighted by atomic mass is 10.2. The molecule has 0 saturated heterocycles. The molecule has 2 rings (SSSR count). The summed E-state index contributed by atoms with van der Waals surface area (Å²) in [6.45, 7) is 0.565. The number of benzene rings is 1.